The molecule has 2 N–H and O–H groups in total. The summed E-state index contributed by atoms with van der Waals surface area (Å²) in [4.78, 5) is 10.4. The fourth-order valence-corrected chi connectivity index (χ4v) is 2.68. The molecule has 17 heavy (non-hydrogen) atoms. The molecule has 0 heterocycles. The van der Waals surface area contributed by atoms with E-state index in [0.717, 1.165) is 0 Å². The molecule has 1 amide bonds. The van der Waals surface area contributed by atoms with Crippen molar-refractivity contribution in [3.05, 3.63) is 24.3 Å². The molecule has 1 aromatic carbocycles. The van der Waals surface area contributed by atoms with Crippen molar-refractivity contribution >= 4 is 22.1 Å². The summed E-state index contributed by atoms with van der Waals surface area (Å²) in [5.41, 5.74) is 0.0214. The minimum Gasteiger partial charge on any atom is -0.329 e. The molecule has 1 aromatic rings. The van der Waals surface area contributed by atoms with Crippen molar-refractivity contribution in [2.45, 2.75) is 31.2 Å². The summed E-state index contributed by atoms with van der Waals surface area (Å²) in [5.74, 6) is 0. The summed E-state index contributed by atoms with van der Waals surface area (Å²) in [6, 6.07) is 5.96. The van der Waals surface area contributed by atoms with Crippen LogP contribution in [0, 0.1) is 0 Å². The van der Waals surface area contributed by atoms with Crippen molar-refractivity contribution in [1.82, 2.24) is 4.72 Å². The van der Waals surface area contributed by atoms with E-state index in [0.29, 0.717) is 12.1 Å². The van der Waals surface area contributed by atoms with Crippen LogP contribution in [0.5, 0.6) is 0 Å². The van der Waals surface area contributed by atoms with E-state index in [-0.39, 0.29) is 4.90 Å². The second kappa shape index (κ2) is 4.85. The molecule has 0 saturated heterocycles. The summed E-state index contributed by atoms with van der Waals surface area (Å²) in [6.45, 7) is 5.31. The third-order valence-electron chi connectivity index (χ3n) is 1.83. The molecule has 6 heteroatoms. The molecule has 0 aliphatic carbocycles. The summed E-state index contributed by atoms with van der Waals surface area (Å²) in [6.07, 6.45) is 0.539. The maximum absolute atomic E-state index is 11.9. The van der Waals surface area contributed by atoms with Crippen molar-refractivity contribution in [3.63, 3.8) is 0 Å². The Balaban J connectivity index is 2.96. The first kappa shape index (κ1) is 13.7. The molecule has 5 nitrogen and oxygen atoms in total. The van der Waals surface area contributed by atoms with E-state index in [1.807, 2.05) is 0 Å². The Morgan fingerprint density at radius 1 is 1.12 bits per heavy atom. The zero-order valence-electron chi connectivity index (χ0n) is 10.0. The second-order valence-corrected chi connectivity index (χ2v) is 6.32. The highest BCUT2D eigenvalue weighted by atomic mass is 32.2. The van der Waals surface area contributed by atoms with Gasteiger partial charge in [0.05, 0.1) is 4.90 Å². The number of hydrogen-bond acceptors (Lipinski definition) is 3. The van der Waals surface area contributed by atoms with Crippen LogP contribution in [0.4, 0.5) is 5.69 Å². The number of anilines is 1. The molecule has 0 radical (unpaired) electrons. The Morgan fingerprint density at radius 3 is 2.06 bits per heavy atom. The molecule has 94 valence electrons. The van der Waals surface area contributed by atoms with Crippen LogP contribution < -0.4 is 10.0 Å². The van der Waals surface area contributed by atoms with Crippen LogP contribution in [0.25, 0.3) is 0 Å². The molecule has 0 aliphatic rings. The number of hydrogen-bond donors (Lipinski definition) is 2. The van der Waals surface area contributed by atoms with Crippen molar-refractivity contribution in [3.8, 4) is 0 Å². The standard InChI is InChI=1S/C11H16N2O3S/c1-11(2,3)13-17(15,16)10-6-4-9(5-7-10)12-8-14/h4-8,13H,1-3H3,(H,12,14). The molecule has 0 spiro atoms. The van der Waals surface area contributed by atoms with E-state index in [4.69, 9.17) is 0 Å². The van der Waals surface area contributed by atoms with E-state index < -0.39 is 15.6 Å². The van der Waals surface area contributed by atoms with Gasteiger partial charge in [-0.1, -0.05) is 0 Å². The quantitative estimate of drug-likeness (QED) is 0.798. The first-order chi connectivity index (χ1) is 7.74. The minimum absolute atomic E-state index is 0.170. The van der Waals surface area contributed by atoms with Gasteiger partial charge in [0.15, 0.2) is 0 Å². The lowest BCUT2D eigenvalue weighted by Crippen LogP contribution is -2.40. The van der Waals surface area contributed by atoms with Crippen LogP contribution in [-0.4, -0.2) is 20.4 Å². The normalized spacial score (nSPS) is 12.2. The van der Waals surface area contributed by atoms with Crippen LogP contribution in [0.15, 0.2) is 29.2 Å². The molecule has 0 bridgehead atoms. The number of sulfonamides is 1. The molecular weight excluding hydrogens is 240 g/mol. The first-order valence-corrected chi connectivity index (χ1v) is 6.57. The number of carbonyl (C=O) groups is 1. The summed E-state index contributed by atoms with van der Waals surface area (Å²) < 4.78 is 26.4. The first-order valence-electron chi connectivity index (χ1n) is 5.09. The molecular formula is C11H16N2O3S. The van der Waals surface area contributed by atoms with Crippen LogP contribution in [0.2, 0.25) is 0 Å². The largest absolute Gasteiger partial charge is 0.329 e. The van der Waals surface area contributed by atoms with Crippen LogP contribution in [-0.2, 0) is 14.8 Å². The molecule has 0 aliphatic heterocycles. The maximum Gasteiger partial charge on any atom is 0.241 e. The Kier molecular flexibility index (Phi) is 3.90. The molecule has 0 aromatic heterocycles. The molecule has 1 rings (SSSR count). The monoisotopic (exact) mass is 256 g/mol. The van der Waals surface area contributed by atoms with E-state index >= 15 is 0 Å². The Labute approximate surface area is 101 Å². The summed E-state index contributed by atoms with van der Waals surface area (Å²) in [5, 5.41) is 2.44. The maximum atomic E-state index is 11.9. The molecule has 0 unspecified atom stereocenters. The number of amides is 1. The van der Waals surface area contributed by atoms with Crippen molar-refractivity contribution in [2.24, 2.45) is 0 Å². The molecule has 0 fully saturated rings. The predicted molar refractivity (Wildman–Crippen MR) is 66.2 cm³/mol. The van der Waals surface area contributed by atoms with Gasteiger partial charge in [-0.25, -0.2) is 13.1 Å². The lowest BCUT2D eigenvalue weighted by Gasteiger charge is -2.20. The lowest BCUT2D eigenvalue weighted by atomic mass is 10.1. The topological polar surface area (TPSA) is 75.3 Å². The summed E-state index contributed by atoms with van der Waals surface area (Å²) in [7, 11) is -3.52. The van der Waals surface area contributed by atoms with E-state index in [1.165, 1.54) is 24.3 Å². The number of carbonyl (C=O) groups excluding carboxylic acids is 1. The SMILES string of the molecule is CC(C)(C)NS(=O)(=O)c1ccc(NC=O)cc1. The van der Waals surface area contributed by atoms with E-state index in [2.05, 4.69) is 10.0 Å². The minimum atomic E-state index is -3.52. The Bertz CT molecular complexity index is 486. The summed E-state index contributed by atoms with van der Waals surface area (Å²) >= 11 is 0. The Morgan fingerprint density at radius 2 is 1.65 bits per heavy atom. The van der Waals surface area contributed by atoms with E-state index in [1.54, 1.807) is 20.8 Å². The van der Waals surface area contributed by atoms with Gasteiger partial charge in [-0.05, 0) is 45.0 Å². The second-order valence-electron chi connectivity index (χ2n) is 4.64. The van der Waals surface area contributed by atoms with Gasteiger partial charge in [0.2, 0.25) is 16.4 Å². The van der Waals surface area contributed by atoms with Crippen molar-refractivity contribution < 1.29 is 13.2 Å². The third-order valence-corrected chi connectivity index (χ3v) is 3.60. The lowest BCUT2D eigenvalue weighted by molar-refractivity contribution is -0.105. The van der Waals surface area contributed by atoms with Gasteiger partial charge in [-0.3, -0.25) is 4.79 Å². The zero-order valence-corrected chi connectivity index (χ0v) is 10.8. The average molecular weight is 256 g/mol. The van der Waals surface area contributed by atoms with Gasteiger partial charge in [0.1, 0.15) is 0 Å². The number of rotatable bonds is 4. The van der Waals surface area contributed by atoms with Crippen molar-refractivity contribution in [2.75, 3.05) is 5.32 Å². The fraction of sp³-hybridized carbons (Fsp3) is 0.364. The van der Waals surface area contributed by atoms with Crippen molar-refractivity contribution in [1.29, 1.82) is 0 Å². The smallest absolute Gasteiger partial charge is 0.241 e. The predicted octanol–water partition coefficient (Wildman–Crippen LogP) is 1.33. The third kappa shape index (κ3) is 4.16. The highest BCUT2D eigenvalue weighted by Gasteiger charge is 2.21. The van der Waals surface area contributed by atoms with Crippen LogP contribution >= 0.6 is 0 Å². The van der Waals surface area contributed by atoms with Crippen LogP contribution in [0.1, 0.15) is 20.8 Å². The Hall–Kier alpha value is -1.40. The molecule has 0 saturated carbocycles. The van der Waals surface area contributed by atoms with Gasteiger partial charge in [0, 0.05) is 11.2 Å². The zero-order chi connectivity index (χ0) is 13.1. The fourth-order valence-electron chi connectivity index (χ4n) is 1.26. The van der Waals surface area contributed by atoms with Gasteiger partial charge in [-0.2, -0.15) is 0 Å². The highest BCUT2D eigenvalue weighted by Crippen LogP contribution is 2.15. The van der Waals surface area contributed by atoms with Gasteiger partial charge >= 0.3 is 0 Å². The number of benzene rings is 1. The van der Waals surface area contributed by atoms with Crippen LogP contribution in [0.3, 0.4) is 0 Å². The van der Waals surface area contributed by atoms with Gasteiger partial charge < -0.3 is 5.32 Å². The average Bonchev–Trinajstić information content (AvgIpc) is 2.15. The van der Waals surface area contributed by atoms with Gasteiger partial charge in [-0.15, -0.1) is 0 Å². The van der Waals surface area contributed by atoms with Gasteiger partial charge in [0.25, 0.3) is 0 Å². The van der Waals surface area contributed by atoms with E-state index in [9.17, 15) is 13.2 Å². The molecule has 0 atom stereocenters. The highest BCUT2D eigenvalue weighted by molar-refractivity contribution is 7.89. The number of nitrogens with one attached hydrogen (secondary N) is 2.